The molecule has 1 aliphatic carbocycles. The van der Waals surface area contributed by atoms with Gasteiger partial charge in [0.1, 0.15) is 0 Å². The number of nitrogens with one attached hydrogen (secondary N) is 2. The van der Waals surface area contributed by atoms with Crippen molar-refractivity contribution in [3.8, 4) is 0 Å². The van der Waals surface area contributed by atoms with E-state index in [-0.39, 0.29) is 41.3 Å². The second kappa shape index (κ2) is 10.8. The highest BCUT2D eigenvalue weighted by atomic mass is 127. The van der Waals surface area contributed by atoms with Crippen molar-refractivity contribution < 1.29 is 4.79 Å². The summed E-state index contributed by atoms with van der Waals surface area (Å²) in [6, 6.07) is 8.94. The van der Waals surface area contributed by atoms with E-state index in [0.29, 0.717) is 6.42 Å². The second-order valence-corrected chi connectivity index (χ2v) is 8.58. The summed E-state index contributed by atoms with van der Waals surface area (Å²) in [5.74, 6) is 1.11. The molecule has 7 heteroatoms. The number of carbonyl (C=O) groups is 1. The zero-order valence-corrected chi connectivity index (χ0v) is 20.8. The minimum atomic E-state index is 0. The Morgan fingerprint density at radius 2 is 2.14 bits per heavy atom. The first-order chi connectivity index (χ1) is 13.1. The molecule has 5 nitrogen and oxygen atoms in total. The molecule has 1 unspecified atom stereocenters. The maximum absolute atomic E-state index is 11.9. The van der Waals surface area contributed by atoms with Crippen LogP contribution < -0.4 is 10.6 Å². The number of hydrogen-bond acceptors (Lipinski definition) is 2. The third-order valence-corrected chi connectivity index (χ3v) is 6.31. The normalized spacial score (nSPS) is 20.9. The average Bonchev–Trinajstić information content (AvgIpc) is 3.09. The van der Waals surface area contributed by atoms with Gasteiger partial charge < -0.3 is 15.5 Å². The van der Waals surface area contributed by atoms with E-state index < -0.39 is 0 Å². The second-order valence-electron chi connectivity index (χ2n) is 7.66. The highest BCUT2D eigenvalue weighted by Gasteiger charge is 2.38. The summed E-state index contributed by atoms with van der Waals surface area (Å²) in [4.78, 5) is 18.8. The van der Waals surface area contributed by atoms with Crippen molar-refractivity contribution in [3.63, 3.8) is 0 Å². The number of guanidine groups is 1. The third kappa shape index (κ3) is 5.62. The minimum absolute atomic E-state index is 0. The van der Waals surface area contributed by atoms with Gasteiger partial charge in [0.2, 0.25) is 5.91 Å². The molecule has 2 N–H and O–H groups in total. The predicted octanol–water partition coefficient (Wildman–Crippen LogP) is 4.05. The Bertz CT molecular complexity index is 693. The molecule has 0 radical (unpaired) electrons. The van der Waals surface area contributed by atoms with E-state index in [2.05, 4.69) is 57.8 Å². The molecule has 2 fully saturated rings. The molecule has 1 saturated heterocycles. The van der Waals surface area contributed by atoms with E-state index in [0.717, 1.165) is 43.0 Å². The van der Waals surface area contributed by atoms with Gasteiger partial charge in [0.15, 0.2) is 5.96 Å². The number of nitrogens with zero attached hydrogens (tertiary/aromatic N) is 2. The molecule has 0 spiro atoms. The highest BCUT2D eigenvalue weighted by molar-refractivity contribution is 14.0. The van der Waals surface area contributed by atoms with Crippen molar-refractivity contribution in [3.05, 3.63) is 34.3 Å². The van der Waals surface area contributed by atoms with Crippen LogP contribution in [0, 0.1) is 0 Å². The number of hydrogen-bond donors (Lipinski definition) is 2. The van der Waals surface area contributed by atoms with E-state index in [1.165, 1.54) is 24.8 Å². The molecule has 1 atom stereocenters. The molecular formula is C21H32BrIN4O. The van der Waals surface area contributed by atoms with E-state index >= 15 is 0 Å². The lowest BCUT2D eigenvalue weighted by Gasteiger charge is -2.41. The Balaban J connectivity index is 0.00000280. The van der Waals surface area contributed by atoms with Gasteiger partial charge in [-0.1, -0.05) is 41.4 Å². The van der Waals surface area contributed by atoms with Crippen molar-refractivity contribution in [2.75, 3.05) is 26.2 Å². The fraction of sp³-hybridized carbons (Fsp3) is 0.619. The molecule has 1 amide bonds. The first-order valence-corrected chi connectivity index (χ1v) is 10.9. The third-order valence-electron chi connectivity index (χ3n) is 5.82. The van der Waals surface area contributed by atoms with Gasteiger partial charge in [-0.05, 0) is 43.9 Å². The maximum Gasteiger partial charge on any atom is 0.222 e. The molecule has 1 heterocycles. The molecular weight excluding hydrogens is 531 g/mol. The van der Waals surface area contributed by atoms with E-state index in [4.69, 9.17) is 4.99 Å². The zero-order valence-electron chi connectivity index (χ0n) is 16.8. The van der Waals surface area contributed by atoms with Crippen LogP contribution in [0.15, 0.2) is 33.7 Å². The Morgan fingerprint density at radius 3 is 2.75 bits per heavy atom. The van der Waals surface area contributed by atoms with Crippen LogP contribution in [0.4, 0.5) is 0 Å². The van der Waals surface area contributed by atoms with E-state index in [1.54, 1.807) is 0 Å². The molecule has 1 saturated carbocycles. The van der Waals surface area contributed by atoms with Gasteiger partial charge in [-0.2, -0.15) is 0 Å². The lowest BCUT2D eigenvalue weighted by atomic mass is 9.64. The lowest BCUT2D eigenvalue weighted by Crippen LogP contribution is -2.46. The van der Waals surface area contributed by atoms with Crippen molar-refractivity contribution in [1.29, 1.82) is 0 Å². The number of likely N-dealkylation sites (tertiary alicyclic amines) is 1. The number of halogens is 2. The van der Waals surface area contributed by atoms with Crippen LogP contribution in [-0.2, 0) is 10.2 Å². The molecule has 28 heavy (non-hydrogen) atoms. The van der Waals surface area contributed by atoms with Crippen molar-refractivity contribution >= 4 is 51.8 Å². The van der Waals surface area contributed by atoms with Crippen LogP contribution in [-0.4, -0.2) is 49.0 Å². The summed E-state index contributed by atoms with van der Waals surface area (Å²) in [5.41, 5.74) is 1.54. The first-order valence-electron chi connectivity index (χ1n) is 10.1. The topological polar surface area (TPSA) is 56.7 Å². The first kappa shape index (κ1) is 23.4. The van der Waals surface area contributed by atoms with Gasteiger partial charge in [0.25, 0.3) is 0 Å². The number of aliphatic imine (C=N–C) groups is 1. The molecule has 2 aliphatic rings. The number of carbonyl (C=O) groups excluding carboxylic acids is 1. The Labute approximate surface area is 194 Å². The highest BCUT2D eigenvalue weighted by Crippen LogP contribution is 2.44. The standard InChI is InChI=1S/C21H31BrN4O.HI/c1-3-19(27)26-12-9-18(14-26)25-20(23-4-2)24-15-21(10-6-11-21)16-7-5-8-17(22)13-16;/h5,7-8,13,18H,3-4,6,9-12,14-15H2,1-2H3,(H2,23,24,25);1H. The van der Waals surface area contributed by atoms with Gasteiger partial charge in [0, 0.05) is 42.0 Å². The van der Waals surface area contributed by atoms with Gasteiger partial charge in [-0.25, -0.2) is 0 Å². The van der Waals surface area contributed by atoms with Crippen LogP contribution in [0.3, 0.4) is 0 Å². The molecule has 0 aromatic heterocycles. The summed E-state index contributed by atoms with van der Waals surface area (Å²) in [7, 11) is 0. The van der Waals surface area contributed by atoms with Crippen molar-refractivity contribution in [2.24, 2.45) is 4.99 Å². The average molecular weight is 563 g/mol. The number of amides is 1. The molecule has 1 aromatic carbocycles. The summed E-state index contributed by atoms with van der Waals surface area (Å²) < 4.78 is 1.13. The smallest absolute Gasteiger partial charge is 0.222 e. The lowest BCUT2D eigenvalue weighted by molar-refractivity contribution is -0.129. The van der Waals surface area contributed by atoms with Crippen LogP contribution >= 0.6 is 39.9 Å². The summed E-state index contributed by atoms with van der Waals surface area (Å²) in [5, 5.41) is 6.92. The van der Waals surface area contributed by atoms with Gasteiger partial charge >= 0.3 is 0 Å². The zero-order chi connectivity index (χ0) is 19.3. The van der Waals surface area contributed by atoms with Gasteiger partial charge in [-0.3, -0.25) is 9.79 Å². The maximum atomic E-state index is 11.9. The van der Waals surface area contributed by atoms with Crippen LogP contribution in [0.5, 0.6) is 0 Å². The Kier molecular flexibility index (Phi) is 9.05. The fourth-order valence-electron chi connectivity index (χ4n) is 4.03. The molecule has 0 bridgehead atoms. The SMILES string of the molecule is CCNC(=NCC1(c2cccc(Br)c2)CCC1)NC1CCN(C(=O)CC)C1.I. The fourth-order valence-corrected chi connectivity index (χ4v) is 4.43. The van der Waals surface area contributed by atoms with Crippen LogP contribution in [0.25, 0.3) is 0 Å². The summed E-state index contributed by atoms with van der Waals surface area (Å²) >= 11 is 3.60. The quantitative estimate of drug-likeness (QED) is 0.312. The Hall–Kier alpha value is -0.830. The predicted molar refractivity (Wildman–Crippen MR) is 129 cm³/mol. The Morgan fingerprint density at radius 1 is 1.36 bits per heavy atom. The number of rotatable bonds is 6. The van der Waals surface area contributed by atoms with Gasteiger partial charge in [0.05, 0.1) is 6.54 Å². The molecule has 156 valence electrons. The molecule has 3 rings (SSSR count). The minimum Gasteiger partial charge on any atom is -0.357 e. The molecule has 1 aliphatic heterocycles. The van der Waals surface area contributed by atoms with E-state index in [9.17, 15) is 4.79 Å². The summed E-state index contributed by atoms with van der Waals surface area (Å²) in [6.07, 6.45) is 5.20. The van der Waals surface area contributed by atoms with Crippen molar-refractivity contribution in [2.45, 2.75) is 57.4 Å². The molecule has 1 aromatic rings. The monoisotopic (exact) mass is 562 g/mol. The van der Waals surface area contributed by atoms with Crippen LogP contribution in [0.2, 0.25) is 0 Å². The summed E-state index contributed by atoms with van der Waals surface area (Å²) in [6.45, 7) is 7.25. The van der Waals surface area contributed by atoms with Crippen molar-refractivity contribution in [1.82, 2.24) is 15.5 Å². The van der Waals surface area contributed by atoms with Gasteiger partial charge in [-0.15, -0.1) is 24.0 Å². The number of benzene rings is 1. The van der Waals surface area contributed by atoms with Crippen LogP contribution in [0.1, 0.15) is 51.5 Å². The van der Waals surface area contributed by atoms with E-state index in [1.807, 2.05) is 11.8 Å². The largest absolute Gasteiger partial charge is 0.357 e.